The van der Waals surface area contributed by atoms with Crippen molar-refractivity contribution in [3.8, 4) is 0 Å². The van der Waals surface area contributed by atoms with Crippen molar-refractivity contribution in [2.24, 2.45) is 5.92 Å². The highest BCUT2D eigenvalue weighted by atomic mass is 16.5. The van der Waals surface area contributed by atoms with Crippen LogP contribution in [0.3, 0.4) is 0 Å². The first kappa shape index (κ1) is 16.7. The van der Waals surface area contributed by atoms with Gasteiger partial charge in [-0.3, -0.25) is 4.79 Å². The molecule has 0 rings (SSSR count). The van der Waals surface area contributed by atoms with E-state index in [-0.39, 0.29) is 5.91 Å². The smallest absolute Gasteiger partial charge is 0.332 e. The first-order chi connectivity index (χ1) is 8.49. The molecular formula is C14H25NO3. The Balaban J connectivity index is 4.47. The fourth-order valence-corrected chi connectivity index (χ4v) is 1.73. The maximum absolute atomic E-state index is 11.4. The Kier molecular flexibility index (Phi) is 8.97. The number of carbonyl (C=O) groups is 2. The number of rotatable bonds is 8. The number of allylic oxidation sites excluding steroid dienone is 1. The van der Waals surface area contributed by atoms with Crippen LogP contribution in [-0.4, -0.2) is 18.5 Å². The van der Waals surface area contributed by atoms with E-state index in [0.717, 1.165) is 19.3 Å². The molecule has 4 nitrogen and oxygen atoms in total. The van der Waals surface area contributed by atoms with E-state index in [2.05, 4.69) is 19.2 Å². The highest BCUT2D eigenvalue weighted by Gasteiger charge is 2.09. The summed E-state index contributed by atoms with van der Waals surface area (Å²) in [6.45, 7) is 7.81. The summed E-state index contributed by atoms with van der Waals surface area (Å²) in [5.41, 5.74) is 0.643. The lowest BCUT2D eigenvalue weighted by atomic mass is 9.98. The lowest BCUT2D eigenvalue weighted by molar-refractivity contribution is -0.137. The van der Waals surface area contributed by atoms with Gasteiger partial charge in [-0.1, -0.05) is 33.1 Å². The molecule has 0 aliphatic heterocycles. The van der Waals surface area contributed by atoms with Crippen molar-refractivity contribution >= 4 is 11.9 Å². The van der Waals surface area contributed by atoms with Crippen molar-refractivity contribution in [2.75, 3.05) is 6.61 Å². The maximum atomic E-state index is 11.4. The van der Waals surface area contributed by atoms with E-state index in [1.807, 2.05) is 0 Å². The van der Waals surface area contributed by atoms with Crippen LogP contribution < -0.4 is 5.32 Å². The number of nitrogens with one attached hydrogen (secondary N) is 1. The molecular weight excluding hydrogens is 230 g/mol. The summed E-state index contributed by atoms with van der Waals surface area (Å²) in [6.07, 6.45) is 5.48. The second-order valence-electron chi connectivity index (χ2n) is 4.55. The largest absolute Gasteiger partial charge is 0.463 e. The lowest BCUT2D eigenvalue weighted by Gasteiger charge is -2.14. The summed E-state index contributed by atoms with van der Waals surface area (Å²) in [5.74, 6) is -0.116. The number of ether oxygens (including phenoxy) is 1. The monoisotopic (exact) mass is 255 g/mol. The van der Waals surface area contributed by atoms with E-state index >= 15 is 0 Å². The van der Waals surface area contributed by atoms with Crippen molar-refractivity contribution in [1.82, 2.24) is 5.32 Å². The second-order valence-corrected chi connectivity index (χ2v) is 4.55. The Morgan fingerprint density at radius 3 is 2.50 bits per heavy atom. The third kappa shape index (κ3) is 8.79. The van der Waals surface area contributed by atoms with E-state index in [1.54, 1.807) is 6.92 Å². The molecule has 0 aliphatic carbocycles. The Labute approximate surface area is 110 Å². The van der Waals surface area contributed by atoms with Crippen LogP contribution in [0.1, 0.15) is 53.4 Å². The molecule has 0 heterocycles. The van der Waals surface area contributed by atoms with Crippen molar-refractivity contribution in [2.45, 2.75) is 53.4 Å². The summed E-state index contributed by atoms with van der Waals surface area (Å²) in [6, 6.07) is 0. The van der Waals surface area contributed by atoms with Gasteiger partial charge >= 0.3 is 5.97 Å². The Bertz CT molecular complexity index is 297. The average molecular weight is 255 g/mol. The summed E-state index contributed by atoms with van der Waals surface area (Å²) < 4.78 is 4.85. The highest BCUT2D eigenvalue weighted by molar-refractivity contribution is 5.84. The van der Waals surface area contributed by atoms with E-state index in [0.29, 0.717) is 24.6 Å². The van der Waals surface area contributed by atoms with E-state index < -0.39 is 5.97 Å². The van der Waals surface area contributed by atoms with Crippen LogP contribution in [0.2, 0.25) is 0 Å². The molecule has 0 aliphatic rings. The van der Waals surface area contributed by atoms with E-state index in [1.165, 1.54) is 13.0 Å². The number of unbranched alkanes of at least 4 members (excludes halogenated alkanes) is 1. The molecule has 0 unspecified atom stereocenters. The molecule has 104 valence electrons. The van der Waals surface area contributed by atoms with Crippen LogP contribution in [0.15, 0.2) is 11.8 Å². The van der Waals surface area contributed by atoms with Crippen molar-refractivity contribution < 1.29 is 14.3 Å². The Morgan fingerprint density at radius 2 is 2.00 bits per heavy atom. The zero-order chi connectivity index (χ0) is 14.0. The van der Waals surface area contributed by atoms with E-state index in [4.69, 9.17) is 4.74 Å². The molecule has 0 spiro atoms. The molecule has 18 heavy (non-hydrogen) atoms. The summed E-state index contributed by atoms with van der Waals surface area (Å²) >= 11 is 0. The minimum Gasteiger partial charge on any atom is -0.463 e. The van der Waals surface area contributed by atoms with Crippen LogP contribution >= 0.6 is 0 Å². The first-order valence-electron chi connectivity index (χ1n) is 6.64. The molecule has 0 aromatic heterocycles. The molecule has 4 heteroatoms. The van der Waals surface area contributed by atoms with Gasteiger partial charge in [0.2, 0.25) is 5.91 Å². The van der Waals surface area contributed by atoms with Gasteiger partial charge in [0, 0.05) is 18.7 Å². The molecule has 0 saturated heterocycles. The van der Waals surface area contributed by atoms with Crippen molar-refractivity contribution in [3.05, 3.63) is 11.8 Å². The van der Waals surface area contributed by atoms with Gasteiger partial charge in [-0.05, 0) is 19.3 Å². The molecule has 1 amide bonds. The number of amides is 1. The summed E-state index contributed by atoms with van der Waals surface area (Å²) in [7, 11) is 0. The fourth-order valence-electron chi connectivity index (χ4n) is 1.73. The number of esters is 1. The van der Waals surface area contributed by atoms with Crippen molar-refractivity contribution in [1.29, 1.82) is 0 Å². The van der Waals surface area contributed by atoms with Gasteiger partial charge in [0.05, 0.1) is 6.61 Å². The molecule has 0 aromatic rings. The predicted molar refractivity (Wildman–Crippen MR) is 71.8 cm³/mol. The molecule has 1 N–H and O–H groups in total. The van der Waals surface area contributed by atoms with Crippen LogP contribution in [0.25, 0.3) is 0 Å². The molecule has 1 atom stereocenters. The minimum atomic E-state index is -0.399. The standard InChI is InChI=1S/C14H25NO3/c1-5-7-8-11(3)9-13(15-12(4)16)10-14(17)18-6-2/h10-11H,5-9H2,1-4H3,(H,15,16)/t11-/m1/s1. The van der Waals surface area contributed by atoms with Crippen LogP contribution in [0.4, 0.5) is 0 Å². The van der Waals surface area contributed by atoms with Gasteiger partial charge in [-0.2, -0.15) is 0 Å². The predicted octanol–water partition coefficient (Wildman–Crippen LogP) is 2.79. The third-order valence-electron chi connectivity index (χ3n) is 2.53. The maximum Gasteiger partial charge on any atom is 0.332 e. The topological polar surface area (TPSA) is 55.4 Å². The van der Waals surface area contributed by atoms with Gasteiger partial charge in [0.15, 0.2) is 0 Å². The SMILES string of the molecule is CCCC[C@@H](C)CC(=CC(=O)OCC)NC(C)=O. The summed E-state index contributed by atoms with van der Waals surface area (Å²) in [4.78, 5) is 22.5. The quantitative estimate of drug-likeness (QED) is 0.536. The summed E-state index contributed by atoms with van der Waals surface area (Å²) in [5, 5.41) is 2.70. The zero-order valence-electron chi connectivity index (χ0n) is 11.9. The van der Waals surface area contributed by atoms with Gasteiger partial charge in [-0.25, -0.2) is 4.79 Å². The van der Waals surface area contributed by atoms with E-state index in [9.17, 15) is 9.59 Å². The van der Waals surface area contributed by atoms with Gasteiger partial charge < -0.3 is 10.1 Å². The molecule has 0 bridgehead atoms. The average Bonchev–Trinajstić information content (AvgIpc) is 2.25. The fraction of sp³-hybridized carbons (Fsp3) is 0.714. The van der Waals surface area contributed by atoms with Gasteiger partial charge in [-0.15, -0.1) is 0 Å². The third-order valence-corrected chi connectivity index (χ3v) is 2.53. The van der Waals surface area contributed by atoms with Crippen LogP contribution in [-0.2, 0) is 14.3 Å². The molecule has 0 saturated carbocycles. The lowest BCUT2D eigenvalue weighted by Crippen LogP contribution is -2.22. The van der Waals surface area contributed by atoms with Gasteiger partial charge in [0.25, 0.3) is 0 Å². The molecule has 0 aromatic carbocycles. The zero-order valence-corrected chi connectivity index (χ0v) is 11.9. The molecule has 0 radical (unpaired) electrons. The van der Waals surface area contributed by atoms with Crippen molar-refractivity contribution in [3.63, 3.8) is 0 Å². The van der Waals surface area contributed by atoms with Crippen LogP contribution in [0, 0.1) is 5.92 Å². The second kappa shape index (κ2) is 9.68. The Morgan fingerprint density at radius 1 is 1.33 bits per heavy atom. The number of hydrogen-bond acceptors (Lipinski definition) is 3. The first-order valence-corrected chi connectivity index (χ1v) is 6.64. The minimum absolute atomic E-state index is 0.159. The Hall–Kier alpha value is -1.32. The number of hydrogen-bond donors (Lipinski definition) is 1. The van der Waals surface area contributed by atoms with Gasteiger partial charge in [0.1, 0.15) is 0 Å². The highest BCUT2D eigenvalue weighted by Crippen LogP contribution is 2.16. The normalized spacial score (nSPS) is 13.0. The van der Waals surface area contributed by atoms with Crippen LogP contribution in [0.5, 0.6) is 0 Å². The number of carbonyl (C=O) groups excluding carboxylic acids is 2. The molecule has 0 fully saturated rings.